The van der Waals surface area contributed by atoms with E-state index in [-0.39, 0.29) is 17.3 Å². The molecular weight excluding hydrogens is 279 g/mol. The predicted molar refractivity (Wildman–Crippen MR) is 75.7 cm³/mol. The molecule has 0 spiro atoms. The van der Waals surface area contributed by atoms with Gasteiger partial charge in [-0.1, -0.05) is 12.1 Å². The van der Waals surface area contributed by atoms with Crippen LogP contribution in [0.25, 0.3) is 20.5 Å². The summed E-state index contributed by atoms with van der Waals surface area (Å²) in [5.74, 6) is -0.793. The molecule has 0 aliphatic rings. The number of fused-ring (bicyclic) bond motifs is 1. The molecular formula is C13H9FN4OS. The van der Waals surface area contributed by atoms with Crippen LogP contribution in [0.3, 0.4) is 0 Å². The number of nitrogen functional groups attached to an aromatic ring is 1. The van der Waals surface area contributed by atoms with Crippen molar-refractivity contribution in [2.75, 3.05) is 5.73 Å². The Labute approximate surface area is 117 Å². The second-order valence-electron chi connectivity index (χ2n) is 4.16. The van der Waals surface area contributed by atoms with Gasteiger partial charge in [-0.15, -0.1) is 21.5 Å². The zero-order chi connectivity index (χ0) is 14.3. The van der Waals surface area contributed by atoms with Gasteiger partial charge in [0.2, 0.25) is 0 Å². The van der Waals surface area contributed by atoms with Crippen LogP contribution in [0.15, 0.2) is 30.3 Å². The van der Waals surface area contributed by atoms with Gasteiger partial charge in [0.15, 0.2) is 11.5 Å². The van der Waals surface area contributed by atoms with Crippen molar-refractivity contribution < 1.29 is 9.18 Å². The van der Waals surface area contributed by atoms with Crippen molar-refractivity contribution in [3.05, 3.63) is 41.8 Å². The first kappa shape index (κ1) is 12.5. The molecule has 0 aliphatic heterocycles. The summed E-state index contributed by atoms with van der Waals surface area (Å²) in [5.41, 5.74) is 11.8. The molecule has 0 aliphatic carbocycles. The lowest BCUT2D eigenvalue weighted by atomic mass is 10.1. The summed E-state index contributed by atoms with van der Waals surface area (Å²) >= 11 is 1.28. The van der Waals surface area contributed by atoms with E-state index in [1.54, 1.807) is 18.2 Å². The minimum absolute atomic E-state index is 0.0712. The average molecular weight is 288 g/mol. The number of carbonyl (C=O) groups excluding carboxylic acids is 1. The number of amides is 1. The van der Waals surface area contributed by atoms with Crippen LogP contribution in [-0.2, 0) is 0 Å². The molecule has 5 nitrogen and oxygen atoms in total. The lowest BCUT2D eigenvalue weighted by Crippen LogP contribution is -2.14. The van der Waals surface area contributed by atoms with Crippen LogP contribution in [0, 0.1) is 5.82 Å². The van der Waals surface area contributed by atoms with E-state index >= 15 is 0 Å². The molecule has 2 aromatic heterocycles. The first-order valence-electron chi connectivity index (χ1n) is 5.67. The van der Waals surface area contributed by atoms with E-state index in [9.17, 15) is 9.18 Å². The maximum Gasteiger partial charge on any atom is 0.270 e. The number of benzene rings is 1. The molecule has 7 heteroatoms. The number of thiophene rings is 1. The van der Waals surface area contributed by atoms with Crippen LogP contribution >= 0.6 is 11.3 Å². The lowest BCUT2D eigenvalue weighted by Gasteiger charge is -1.97. The van der Waals surface area contributed by atoms with E-state index < -0.39 is 5.91 Å². The molecule has 1 aromatic carbocycles. The largest absolute Gasteiger partial charge is 0.382 e. The van der Waals surface area contributed by atoms with E-state index in [0.29, 0.717) is 15.6 Å². The second-order valence-corrected chi connectivity index (χ2v) is 5.21. The van der Waals surface area contributed by atoms with Crippen LogP contribution in [0.2, 0.25) is 0 Å². The highest BCUT2D eigenvalue weighted by Gasteiger charge is 2.16. The number of aromatic nitrogens is 2. The number of primary amides is 1. The molecule has 0 radical (unpaired) electrons. The summed E-state index contributed by atoms with van der Waals surface area (Å²) in [7, 11) is 0. The monoisotopic (exact) mass is 288 g/mol. The summed E-state index contributed by atoms with van der Waals surface area (Å²) in [6, 6.07) is 7.92. The fourth-order valence-electron chi connectivity index (χ4n) is 1.91. The molecule has 3 rings (SSSR count). The maximum atomic E-state index is 13.3. The van der Waals surface area contributed by atoms with Gasteiger partial charge in [-0.05, 0) is 23.8 Å². The Morgan fingerprint density at radius 2 is 2.05 bits per heavy atom. The number of nitrogens with two attached hydrogens (primary N) is 2. The first-order chi connectivity index (χ1) is 9.56. The summed E-state index contributed by atoms with van der Waals surface area (Å²) in [5, 5.41) is 8.03. The van der Waals surface area contributed by atoms with E-state index in [2.05, 4.69) is 10.2 Å². The molecule has 0 saturated heterocycles. The standard InChI is InChI=1S/C13H9FN4OS/c14-7-3-1-2-6(4-7)9-5-8-11(20-9)10(13(16)19)17-18-12(8)15/h1-5H,(H2,15,18)(H2,16,19). The number of nitrogens with zero attached hydrogens (tertiary/aromatic N) is 2. The van der Waals surface area contributed by atoms with Crippen molar-refractivity contribution in [1.29, 1.82) is 0 Å². The van der Waals surface area contributed by atoms with Gasteiger partial charge in [0.05, 0.1) is 4.70 Å². The Balaban J connectivity index is 2.27. The van der Waals surface area contributed by atoms with Crippen molar-refractivity contribution in [2.24, 2.45) is 5.73 Å². The molecule has 100 valence electrons. The molecule has 20 heavy (non-hydrogen) atoms. The normalized spacial score (nSPS) is 10.8. The predicted octanol–water partition coefficient (Wildman–Crippen LogP) is 2.18. The van der Waals surface area contributed by atoms with Crippen molar-refractivity contribution >= 4 is 33.1 Å². The van der Waals surface area contributed by atoms with Gasteiger partial charge in [-0.3, -0.25) is 4.79 Å². The Morgan fingerprint density at radius 3 is 2.75 bits per heavy atom. The summed E-state index contributed by atoms with van der Waals surface area (Å²) in [6.07, 6.45) is 0. The van der Waals surface area contributed by atoms with Crippen molar-refractivity contribution in [3.63, 3.8) is 0 Å². The minimum Gasteiger partial charge on any atom is -0.382 e. The SMILES string of the molecule is NC(=O)c1nnc(N)c2cc(-c3cccc(F)c3)sc12. The van der Waals surface area contributed by atoms with Gasteiger partial charge < -0.3 is 11.5 Å². The number of anilines is 1. The third-order valence-corrected chi connectivity index (χ3v) is 4.01. The number of rotatable bonds is 2. The first-order valence-corrected chi connectivity index (χ1v) is 6.49. The highest BCUT2D eigenvalue weighted by molar-refractivity contribution is 7.22. The Kier molecular flexibility index (Phi) is 2.83. The molecule has 2 heterocycles. The van der Waals surface area contributed by atoms with Crippen molar-refractivity contribution in [1.82, 2.24) is 10.2 Å². The number of hydrogen-bond acceptors (Lipinski definition) is 5. The van der Waals surface area contributed by atoms with Gasteiger partial charge >= 0.3 is 0 Å². The van der Waals surface area contributed by atoms with E-state index in [1.165, 1.54) is 23.5 Å². The fourth-order valence-corrected chi connectivity index (χ4v) is 3.06. The molecule has 0 atom stereocenters. The molecule has 0 unspecified atom stereocenters. The molecule has 4 N–H and O–H groups in total. The van der Waals surface area contributed by atoms with Gasteiger partial charge in [0, 0.05) is 10.3 Å². The van der Waals surface area contributed by atoms with Crippen LogP contribution in [0.5, 0.6) is 0 Å². The lowest BCUT2D eigenvalue weighted by molar-refractivity contribution is 0.0996. The Morgan fingerprint density at radius 1 is 1.25 bits per heavy atom. The highest BCUT2D eigenvalue weighted by Crippen LogP contribution is 2.36. The summed E-state index contributed by atoms with van der Waals surface area (Å²) in [4.78, 5) is 12.1. The van der Waals surface area contributed by atoms with Crippen LogP contribution in [0.1, 0.15) is 10.5 Å². The molecule has 0 fully saturated rings. The fraction of sp³-hybridized carbons (Fsp3) is 0. The zero-order valence-corrected chi connectivity index (χ0v) is 10.9. The quantitative estimate of drug-likeness (QED) is 0.755. The molecule has 0 saturated carbocycles. The molecule has 0 bridgehead atoms. The van der Waals surface area contributed by atoms with E-state index in [1.807, 2.05) is 0 Å². The van der Waals surface area contributed by atoms with Gasteiger partial charge in [-0.2, -0.15) is 0 Å². The number of carbonyl (C=O) groups is 1. The van der Waals surface area contributed by atoms with Crippen LogP contribution in [0.4, 0.5) is 10.2 Å². The van der Waals surface area contributed by atoms with Crippen molar-refractivity contribution in [2.45, 2.75) is 0 Å². The van der Waals surface area contributed by atoms with Gasteiger partial charge in [0.1, 0.15) is 5.82 Å². The van der Waals surface area contributed by atoms with E-state index in [0.717, 1.165) is 4.88 Å². The van der Waals surface area contributed by atoms with E-state index in [4.69, 9.17) is 11.5 Å². The van der Waals surface area contributed by atoms with Gasteiger partial charge in [0.25, 0.3) is 5.91 Å². The smallest absolute Gasteiger partial charge is 0.270 e. The number of hydrogen-bond donors (Lipinski definition) is 2. The van der Waals surface area contributed by atoms with Crippen LogP contribution < -0.4 is 11.5 Å². The Bertz CT molecular complexity index is 830. The third-order valence-electron chi connectivity index (χ3n) is 2.82. The molecule has 1 amide bonds. The minimum atomic E-state index is -0.671. The second kappa shape index (κ2) is 4.53. The summed E-state index contributed by atoms with van der Waals surface area (Å²) < 4.78 is 13.8. The Hall–Kier alpha value is -2.54. The topological polar surface area (TPSA) is 94.9 Å². The third kappa shape index (κ3) is 1.97. The average Bonchev–Trinajstić information content (AvgIpc) is 2.84. The maximum absolute atomic E-state index is 13.3. The van der Waals surface area contributed by atoms with Crippen molar-refractivity contribution in [3.8, 4) is 10.4 Å². The van der Waals surface area contributed by atoms with Gasteiger partial charge in [-0.25, -0.2) is 4.39 Å². The highest BCUT2D eigenvalue weighted by atomic mass is 32.1. The summed E-state index contributed by atoms with van der Waals surface area (Å²) in [6.45, 7) is 0. The number of halogens is 1. The molecule has 3 aromatic rings. The van der Waals surface area contributed by atoms with Crippen LogP contribution in [-0.4, -0.2) is 16.1 Å². The zero-order valence-electron chi connectivity index (χ0n) is 10.1.